The number of aromatic amines is 1. The van der Waals surface area contributed by atoms with E-state index in [1.165, 1.54) is 48.7 Å². The SMILES string of the molecule is O=C(Nc1ccc(-n2c(=O)[nH]c3cc(Cl)ccc3c2=O)nc1)NS(=O)(=O)c1ccc(Cl)s1. The van der Waals surface area contributed by atoms with E-state index < -0.39 is 27.3 Å². The van der Waals surface area contributed by atoms with Crippen molar-refractivity contribution in [1.29, 1.82) is 0 Å². The number of halogens is 2. The maximum absolute atomic E-state index is 12.7. The Morgan fingerprint density at radius 2 is 1.88 bits per heavy atom. The number of nitrogens with one attached hydrogen (secondary N) is 3. The third-order valence-corrected chi connectivity index (χ3v) is 7.42. The normalized spacial score (nSPS) is 11.4. The van der Waals surface area contributed by atoms with Crippen LogP contribution in [-0.4, -0.2) is 29.0 Å². The number of sulfonamides is 1. The summed E-state index contributed by atoms with van der Waals surface area (Å²) in [5, 5.41) is 2.91. The number of urea groups is 1. The molecule has 3 N–H and O–H groups in total. The van der Waals surface area contributed by atoms with Crippen molar-refractivity contribution in [3.05, 3.63) is 78.9 Å². The van der Waals surface area contributed by atoms with Crippen LogP contribution in [0.3, 0.4) is 0 Å². The molecule has 2 amide bonds. The number of carbonyl (C=O) groups is 1. The van der Waals surface area contributed by atoms with Crippen LogP contribution >= 0.6 is 34.5 Å². The summed E-state index contributed by atoms with van der Waals surface area (Å²) in [6, 6.07) is 8.77. The molecule has 14 heteroatoms. The molecule has 164 valence electrons. The molecule has 3 aromatic heterocycles. The lowest BCUT2D eigenvalue weighted by atomic mass is 10.2. The van der Waals surface area contributed by atoms with Crippen molar-refractivity contribution in [3.63, 3.8) is 0 Å². The van der Waals surface area contributed by atoms with E-state index >= 15 is 0 Å². The highest BCUT2D eigenvalue weighted by molar-refractivity contribution is 7.92. The highest BCUT2D eigenvalue weighted by Crippen LogP contribution is 2.25. The zero-order valence-corrected chi connectivity index (χ0v) is 18.8. The monoisotopic (exact) mass is 511 g/mol. The summed E-state index contributed by atoms with van der Waals surface area (Å²) in [7, 11) is -4.09. The Balaban J connectivity index is 1.56. The zero-order chi connectivity index (χ0) is 23.0. The van der Waals surface area contributed by atoms with Crippen LogP contribution in [-0.2, 0) is 10.0 Å². The molecule has 10 nitrogen and oxygen atoms in total. The van der Waals surface area contributed by atoms with Crippen LogP contribution < -0.4 is 21.3 Å². The maximum Gasteiger partial charge on any atom is 0.334 e. The van der Waals surface area contributed by atoms with Gasteiger partial charge < -0.3 is 10.3 Å². The van der Waals surface area contributed by atoms with Gasteiger partial charge in [-0.3, -0.25) is 4.79 Å². The van der Waals surface area contributed by atoms with E-state index in [-0.39, 0.29) is 31.0 Å². The molecule has 0 saturated heterocycles. The molecule has 0 spiro atoms. The van der Waals surface area contributed by atoms with E-state index in [0.717, 1.165) is 15.9 Å². The van der Waals surface area contributed by atoms with Gasteiger partial charge in [-0.1, -0.05) is 23.2 Å². The summed E-state index contributed by atoms with van der Waals surface area (Å²) in [5.41, 5.74) is -0.918. The molecule has 0 fully saturated rings. The third kappa shape index (κ3) is 4.39. The Kier molecular flexibility index (Phi) is 5.77. The van der Waals surface area contributed by atoms with Crippen molar-refractivity contribution < 1.29 is 13.2 Å². The number of fused-ring (bicyclic) bond motifs is 1. The number of hydrogen-bond donors (Lipinski definition) is 3. The number of nitrogens with zero attached hydrogens (tertiary/aromatic N) is 2. The maximum atomic E-state index is 12.7. The quantitative estimate of drug-likeness (QED) is 0.384. The summed E-state index contributed by atoms with van der Waals surface area (Å²) in [6.45, 7) is 0. The number of rotatable bonds is 4. The van der Waals surface area contributed by atoms with Crippen molar-refractivity contribution in [1.82, 2.24) is 19.3 Å². The fourth-order valence-electron chi connectivity index (χ4n) is 2.76. The number of pyridine rings is 1. The van der Waals surface area contributed by atoms with Crippen LogP contribution in [0.15, 0.2) is 62.5 Å². The van der Waals surface area contributed by atoms with Crippen molar-refractivity contribution in [3.8, 4) is 5.82 Å². The van der Waals surface area contributed by atoms with Crippen molar-refractivity contribution in [2.75, 3.05) is 5.32 Å². The predicted molar refractivity (Wildman–Crippen MR) is 122 cm³/mol. The number of thiophene rings is 1. The molecule has 0 aliphatic heterocycles. The number of anilines is 1. The molecule has 32 heavy (non-hydrogen) atoms. The summed E-state index contributed by atoms with van der Waals surface area (Å²) in [6.07, 6.45) is 1.17. The molecule has 0 unspecified atom stereocenters. The van der Waals surface area contributed by atoms with E-state index in [9.17, 15) is 22.8 Å². The average Bonchev–Trinajstić information content (AvgIpc) is 3.16. The second kappa shape index (κ2) is 8.39. The molecular formula is C18H11Cl2N5O5S2. The molecule has 0 aliphatic carbocycles. The van der Waals surface area contributed by atoms with Gasteiger partial charge in [-0.05, 0) is 42.5 Å². The van der Waals surface area contributed by atoms with Gasteiger partial charge in [0.15, 0.2) is 0 Å². The van der Waals surface area contributed by atoms with Crippen LogP contribution in [0.1, 0.15) is 0 Å². The minimum Gasteiger partial charge on any atom is -0.306 e. The summed E-state index contributed by atoms with van der Waals surface area (Å²) in [4.78, 5) is 43.8. The lowest BCUT2D eigenvalue weighted by Crippen LogP contribution is -2.35. The van der Waals surface area contributed by atoms with E-state index in [2.05, 4.69) is 15.3 Å². The van der Waals surface area contributed by atoms with Gasteiger partial charge >= 0.3 is 11.7 Å². The number of H-pyrrole nitrogens is 1. The number of benzene rings is 1. The standard InChI is InChI=1S/C18H11Cl2N5O5S2/c19-9-1-3-11-12(7-9)23-18(28)25(16(11)26)14-5-2-10(8-21-14)22-17(27)24-32(29,30)15-6-4-13(20)31-15/h1-8H,(H,23,28)(H2,22,24,27). The van der Waals surface area contributed by atoms with Gasteiger partial charge in [-0.2, -0.15) is 0 Å². The minimum atomic E-state index is -4.09. The van der Waals surface area contributed by atoms with E-state index in [1.54, 1.807) is 0 Å². The van der Waals surface area contributed by atoms with Gasteiger partial charge in [0.05, 0.1) is 27.1 Å². The first-order valence-corrected chi connectivity index (χ1v) is 11.7. The van der Waals surface area contributed by atoms with Gasteiger partial charge in [-0.25, -0.2) is 32.3 Å². The van der Waals surface area contributed by atoms with Gasteiger partial charge in [0.25, 0.3) is 15.6 Å². The van der Waals surface area contributed by atoms with Gasteiger partial charge in [0, 0.05) is 5.02 Å². The minimum absolute atomic E-state index is 0.0000860. The molecule has 4 aromatic rings. The molecule has 0 saturated carbocycles. The fraction of sp³-hybridized carbons (Fsp3) is 0. The Hall–Kier alpha value is -3.19. The molecule has 3 heterocycles. The predicted octanol–water partition coefficient (Wildman–Crippen LogP) is 2.95. The average molecular weight is 512 g/mol. The third-order valence-electron chi connectivity index (χ3n) is 4.14. The van der Waals surface area contributed by atoms with Crippen molar-refractivity contribution >= 4 is 67.2 Å². The van der Waals surface area contributed by atoms with Crippen LogP contribution in [0.5, 0.6) is 0 Å². The Bertz CT molecular complexity index is 1580. The number of carbonyl (C=O) groups excluding carboxylic acids is 1. The number of hydrogen-bond acceptors (Lipinski definition) is 7. The van der Waals surface area contributed by atoms with Crippen LogP contribution in [0, 0.1) is 0 Å². The first-order chi connectivity index (χ1) is 15.1. The molecule has 0 atom stereocenters. The highest BCUT2D eigenvalue weighted by Gasteiger charge is 2.20. The smallest absolute Gasteiger partial charge is 0.306 e. The van der Waals surface area contributed by atoms with Crippen molar-refractivity contribution in [2.45, 2.75) is 4.21 Å². The molecule has 1 aromatic carbocycles. The first-order valence-electron chi connectivity index (χ1n) is 8.64. The molecule has 0 aliphatic rings. The molecular weight excluding hydrogens is 501 g/mol. The summed E-state index contributed by atoms with van der Waals surface area (Å²) < 4.78 is 27.1. The topological polar surface area (TPSA) is 143 Å². The number of aromatic nitrogens is 3. The van der Waals surface area contributed by atoms with Crippen LogP contribution in [0.25, 0.3) is 16.7 Å². The molecule has 0 radical (unpaired) electrons. The molecule has 4 rings (SSSR count). The van der Waals surface area contributed by atoms with E-state index in [1.807, 2.05) is 4.72 Å². The fourth-order valence-corrected chi connectivity index (χ4v) is 5.32. The van der Waals surface area contributed by atoms with Gasteiger partial charge in [0.1, 0.15) is 10.0 Å². The first kappa shape index (κ1) is 22.0. The zero-order valence-electron chi connectivity index (χ0n) is 15.6. The van der Waals surface area contributed by atoms with E-state index in [4.69, 9.17) is 23.2 Å². The van der Waals surface area contributed by atoms with Crippen LogP contribution in [0.4, 0.5) is 10.5 Å². The second-order valence-corrected chi connectivity index (χ2v) is 10.3. The Labute approximate surface area is 193 Å². The lowest BCUT2D eigenvalue weighted by molar-refractivity contribution is 0.256. The second-order valence-electron chi connectivity index (χ2n) is 6.28. The van der Waals surface area contributed by atoms with Gasteiger partial charge in [0.2, 0.25) is 0 Å². The number of amides is 2. The largest absolute Gasteiger partial charge is 0.334 e. The Morgan fingerprint density at radius 3 is 2.53 bits per heavy atom. The highest BCUT2D eigenvalue weighted by atomic mass is 35.5. The van der Waals surface area contributed by atoms with Crippen LogP contribution in [0.2, 0.25) is 9.36 Å². The Morgan fingerprint density at radius 1 is 1.09 bits per heavy atom. The summed E-state index contributed by atoms with van der Waals surface area (Å²) >= 11 is 12.4. The van der Waals surface area contributed by atoms with E-state index in [0.29, 0.717) is 5.02 Å². The van der Waals surface area contributed by atoms with Gasteiger partial charge in [-0.15, -0.1) is 11.3 Å². The lowest BCUT2D eigenvalue weighted by Gasteiger charge is -2.09. The molecule has 0 bridgehead atoms. The van der Waals surface area contributed by atoms with Crippen molar-refractivity contribution in [2.24, 2.45) is 0 Å². The summed E-state index contributed by atoms with van der Waals surface area (Å²) in [5.74, 6) is -0.0000860.